The molecule has 0 aliphatic carbocycles. The summed E-state index contributed by atoms with van der Waals surface area (Å²) in [5, 5.41) is 0. The molecule has 0 spiro atoms. The van der Waals surface area contributed by atoms with Crippen LogP contribution in [-0.4, -0.2) is 12.6 Å². The normalized spacial score (nSPS) is 10.6. The molecule has 2 N–H and O–H groups in total. The van der Waals surface area contributed by atoms with Crippen LogP contribution in [0.2, 0.25) is 0 Å². The molecular weight excluding hydrogens is 202 g/mol. The van der Waals surface area contributed by atoms with Crippen LogP contribution in [0.3, 0.4) is 0 Å². The molecule has 0 unspecified atom stereocenters. The zero-order valence-corrected chi connectivity index (χ0v) is 9.48. The molecule has 1 rings (SSSR count). The Morgan fingerprint density at radius 3 is 2.69 bits per heavy atom. The SMILES string of the molecule is CCCCOC(=O)/C=C/c1ccc(N)cc1. The molecule has 0 atom stereocenters. The number of esters is 1. The first kappa shape index (κ1) is 12.3. The van der Waals surface area contributed by atoms with Crippen molar-refractivity contribution in [3.63, 3.8) is 0 Å². The molecule has 1 aromatic rings. The van der Waals surface area contributed by atoms with Gasteiger partial charge in [-0.15, -0.1) is 0 Å². The number of carbonyl (C=O) groups is 1. The molecular formula is C13H17NO2. The van der Waals surface area contributed by atoms with E-state index in [4.69, 9.17) is 10.5 Å². The Bertz CT molecular complexity index is 355. The van der Waals surface area contributed by atoms with Crippen molar-refractivity contribution >= 4 is 17.7 Å². The van der Waals surface area contributed by atoms with Gasteiger partial charge in [0.05, 0.1) is 6.61 Å². The first-order valence-corrected chi connectivity index (χ1v) is 5.42. The summed E-state index contributed by atoms with van der Waals surface area (Å²) in [4.78, 5) is 11.2. The monoisotopic (exact) mass is 219 g/mol. The van der Waals surface area contributed by atoms with E-state index < -0.39 is 0 Å². The second-order valence-corrected chi connectivity index (χ2v) is 3.52. The predicted octanol–water partition coefficient (Wildman–Crippen LogP) is 2.63. The van der Waals surface area contributed by atoms with E-state index in [1.807, 2.05) is 12.1 Å². The maximum absolute atomic E-state index is 11.2. The van der Waals surface area contributed by atoms with Gasteiger partial charge in [0, 0.05) is 11.8 Å². The number of benzene rings is 1. The smallest absolute Gasteiger partial charge is 0.330 e. The van der Waals surface area contributed by atoms with Crippen LogP contribution >= 0.6 is 0 Å². The number of nitrogen functional groups attached to an aromatic ring is 1. The molecule has 0 saturated heterocycles. The Morgan fingerprint density at radius 2 is 2.06 bits per heavy atom. The van der Waals surface area contributed by atoms with Crippen molar-refractivity contribution in [1.29, 1.82) is 0 Å². The lowest BCUT2D eigenvalue weighted by Crippen LogP contribution is -2.01. The molecule has 0 heterocycles. The van der Waals surface area contributed by atoms with Crippen LogP contribution in [0.1, 0.15) is 25.3 Å². The number of carbonyl (C=O) groups excluding carboxylic acids is 1. The van der Waals surface area contributed by atoms with Crippen molar-refractivity contribution in [3.8, 4) is 0 Å². The zero-order chi connectivity index (χ0) is 11.8. The highest BCUT2D eigenvalue weighted by atomic mass is 16.5. The fraction of sp³-hybridized carbons (Fsp3) is 0.308. The maximum atomic E-state index is 11.2. The maximum Gasteiger partial charge on any atom is 0.330 e. The van der Waals surface area contributed by atoms with Crippen molar-refractivity contribution in [2.24, 2.45) is 0 Å². The Hall–Kier alpha value is -1.77. The molecule has 3 nitrogen and oxygen atoms in total. The third kappa shape index (κ3) is 4.64. The highest BCUT2D eigenvalue weighted by molar-refractivity contribution is 5.87. The first-order valence-electron chi connectivity index (χ1n) is 5.42. The second kappa shape index (κ2) is 6.67. The van der Waals surface area contributed by atoms with Crippen molar-refractivity contribution in [2.45, 2.75) is 19.8 Å². The van der Waals surface area contributed by atoms with Gasteiger partial charge in [-0.05, 0) is 30.2 Å². The minimum absolute atomic E-state index is 0.301. The van der Waals surface area contributed by atoms with Gasteiger partial charge in [0.15, 0.2) is 0 Å². The summed E-state index contributed by atoms with van der Waals surface area (Å²) in [5.74, 6) is -0.301. The third-order valence-corrected chi connectivity index (χ3v) is 2.09. The van der Waals surface area contributed by atoms with Gasteiger partial charge in [0.2, 0.25) is 0 Å². The lowest BCUT2D eigenvalue weighted by molar-refractivity contribution is -0.137. The fourth-order valence-corrected chi connectivity index (χ4v) is 1.14. The van der Waals surface area contributed by atoms with Gasteiger partial charge in [-0.3, -0.25) is 0 Å². The number of anilines is 1. The molecule has 3 heteroatoms. The summed E-state index contributed by atoms with van der Waals surface area (Å²) in [6.07, 6.45) is 5.07. The molecule has 0 aliphatic rings. The van der Waals surface area contributed by atoms with Gasteiger partial charge in [-0.1, -0.05) is 25.5 Å². The lowest BCUT2D eigenvalue weighted by Gasteiger charge is -1.99. The molecule has 16 heavy (non-hydrogen) atoms. The Labute approximate surface area is 95.9 Å². The highest BCUT2D eigenvalue weighted by Crippen LogP contribution is 2.07. The second-order valence-electron chi connectivity index (χ2n) is 3.52. The van der Waals surface area contributed by atoms with E-state index in [1.54, 1.807) is 18.2 Å². The van der Waals surface area contributed by atoms with Gasteiger partial charge >= 0.3 is 5.97 Å². The molecule has 0 aliphatic heterocycles. The quantitative estimate of drug-likeness (QED) is 0.358. The van der Waals surface area contributed by atoms with E-state index in [0.29, 0.717) is 12.3 Å². The van der Waals surface area contributed by atoms with Crippen LogP contribution in [-0.2, 0) is 9.53 Å². The fourth-order valence-electron chi connectivity index (χ4n) is 1.14. The Kier molecular flexibility index (Phi) is 5.12. The van der Waals surface area contributed by atoms with E-state index in [0.717, 1.165) is 18.4 Å². The molecule has 86 valence electrons. The molecule has 1 aromatic carbocycles. The van der Waals surface area contributed by atoms with Gasteiger partial charge in [-0.2, -0.15) is 0 Å². The lowest BCUT2D eigenvalue weighted by atomic mass is 10.2. The topological polar surface area (TPSA) is 52.3 Å². The first-order chi connectivity index (χ1) is 7.72. The van der Waals surface area contributed by atoms with Gasteiger partial charge in [-0.25, -0.2) is 4.79 Å². The summed E-state index contributed by atoms with van der Waals surface area (Å²) in [5.41, 5.74) is 7.19. The molecule has 0 fully saturated rings. The number of ether oxygens (including phenoxy) is 1. The van der Waals surface area contributed by atoms with E-state index in [1.165, 1.54) is 6.08 Å². The van der Waals surface area contributed by atoms with Crippen molar-refractivity contribution < 1.29 is 9.53 Å². The molecule has 0 bridgehead atoms. The number of unbranched alkanes of at least 4 members (excludes halogenated alkanes) is 1. The highest BCUT2D eigenvalue weighted by Gasteiger charge is 1.95. The number of hydrogen-bond donors (Lipinski definition) is 1. The largest absolute Gasteiger partial charge is 0.463 e. The van der Waals surface area contributed by atoms with E-state index in [-0.39, 0.29) is 5.97 Å². The van der Waals surface area contributed by atoms with E-state index >= 15 is 0 Å². The Morgan fingerprint density at radius 1 is 1.38 bits per heavy atom. The zero-order valence-electron chi connectivity index (χ0n) is 9.48. The molecule has 0 radical (unpaired) electrons. The third-order valence-electron chi connectivity index (χ3n) is 2.09. The average molecular weight is 219 g/mol. The van der Waals surface area contributed by atoms with Crippen molar-refractivity contribution in [2.75, 3.05) is 12.3 Å². The number of nitrogens with two attached hydrogens (primary N) is 1. The van der Waals surface area contributed by atoms with Crippen LogP contribution in [0, 0.1) is 0 Å². The summed E-state index contributed by atoms with van der Waals surface area (Å²) >= 11 is 0. The Balaban J connectivity index is 2.41. The number of rotatable bonds is 5. The van der Waals surface area contributed by atoms with Crippen molar-refractivity contribution in [3.05, 3.63) is 35.9 Å². The van der Waals surface area contributed by atoms with Gasteiger partial charge < -0.3 is 10.5 Å². The van der Waals surface area contributed by atoms with Gasteiger partial charge in [0.1, 0.15) is 0 Å². The van der Waals surface area contributed by atoms with Crippen LogP contribution in [0.4, 0.5) is 5.69 Å². The molecule has 0 saturated carbocycles. The van der Waals surface area contributed by atoms with Crippen LogP contribution < -0.4 is 5.73 Å². The summed E-state index contributed by atoms with van der Waals surface area (Å²) < 4.78 is 4.98. The van der Waals surface area contributed by atoms with Gasteiger partial charge in [0.25, 0.3) is 0 Å². The predicted molar refractivity (Wildman–Crippen MR) is 65.8 cm³/mol. The minimum Gasteiger partial charge on any atom is -0.463 e. The standard InChI is InChI=1S/C13H17NO2/c1-2-3-10-16-13(15)9-6-11-4-7-12(14)8-5-11/h4-9H,2-3,10,14H2,1H3/b9-6+. The summed E-state index contributed by atoms with van der Waals surface area (Å²) in [7, 11) is 0. The summed E-state index contributed by atoms with van der Waals surface area (Å²) in [6, 6.07) is 7.29. The minimum atomic E-state index is -0.301. The van der Waals surface area contributed by atoms with Crippen molar-refractivity contribution in [1.82, 2.24) is 0 Å². The average Bonchev–Trinajstić information content (AvgIpc) is 2.29. The van der Waals surface area contributed by atoms with Crippen LogP contribution in [0.5, 0.6) is 0 Å². The molecule has 0 aromatic heterocycles. The van der Waals surface area contributed by atoms with E-state index in [2.05, 4.69) is 6.92 Å². The van der Waals surface area contributed by atoms with Crippen LogP contribution in [0.15, 0.2) is 30.3 Å². The summed E-state index contributed by atoms with van der Waals surface area (Å²) in [6.45, 7) is 2.54. The molecule has 0 amide bonds. The van der Waals surface area contributed by atoms with E-state index in [9.17, 15) is 4.79 Å². The van der Waals surface area contributed by atoms with Crippen LogP contribution in [0.25, 0.3) is 6.08 Å². The number of hydrogen-bond acceptors (Lipinski definition) is 3.